The van der Waals surface area contributed by atoms with Crippen molar-refractivity contribution in [1.29, 1.82) is 0 Å². The smallest absolute Gasteiger partial charge is 0.350 e. The number of esters is 3. The molecule has 0 aromatic carbocycles. The van der Waals surface area contributed by atoms with Crippen molar-refractivity contribution in [1.82, 2.24) is 9.80 Å². The van der Waals surface area contributed by atoms with E-state index in [2.05, 4.69) is 48.1 Å². The van der Waals surface area contributed by atoms with Gasteiger partial charge in [0, 0.05) is 49.9 Å². The summed E-state index contributed by atoms with van der Waals surface area (Å²) in [4.78, 5) is 46.1. The average Bonchev–Trinajstić information content (AvgIpc) is 3.48. The summed E-state index contributed by atoms with van der Waals surface area (Å²) in [6, 6.07) is 20.4. The Kier molecular flexibility index (Phi) is 16.3. The lowest BCUT2D eigenvalue weighted by Crippen LogP contribution is -3.00. The van der Waals surface area contributed by atoms with E-state index in [0.717, 1.165) is 43.0 Å². The minimum Gasteiger partial charge on any atom is -1.00 e. The Morgan fingerprint density at radius 1 is 0.570 bits per heavy atom. The molecule has 0 radical (unpaired) electrons. The second-order valence-corrected chi connectivity index (χ2v) is 27.7. The van der Waals surface area contributed by atoms with Gasteiger partial charge in [-0.05, 0) is 84.2 Å². The van der Waals surface area contributed by atoms with E-state index in [1.807, 2.05) is 45.8 Å². The zero-order valence-electron chi connectivity index (χ0n) is 43.9. The Bertz CT molecular complexity index is 2870. The van der Waals surface area contributed by atoms with Crippen molar-refractivity contribution in [3.63, 3.8) is 0 Å². The van der Waals surface area contributed by atoms with Crippen LogP contribution in [0.4, 0.5) is 0 Å². The number of carbonyl (C=O) groups is 3. The molecule has 9 fully saturated rings. The molecule has 0 spiro atoms. The predicted octanol–water partition coefficient (Wildman–Crippen LogP) is 3.20. The maximum absolute atomic E-state index is 13.1. The Hall–Kier alpha value is -3.27. The third kappa shape index (κ3) is 10.2. The number of methoxy groups -OCH3 is 1. The highest BCUT2D eigenvalue weighted by molar-refractivity contribution is 8.05. The number of hydrogen-bond acceptors (Lipinski definition) is 21. The zero-order chi connectivity index (χ0) is 54.5. The second-order valence-electron chi connectivity index (χ2n) is 22.1. The number of morpholine rings is 3. The van der Waals surface area contributed by atoms with Crippen LogP contribution in [-0.2, 0) is 59.6 Å². The van der Waals surface area contributed by atoms with E-state index in [0.29, 0.717) is 102 Å². The number of quaternary nitrogens is 1. The number of aliphatic hydroxyl groups is 4. The number of rotatable bonds is 11. The van der Waals surface area contributed by atoms with Gasteiger partial charge in [0.05, 0.1) is 69.5 Å². The molecule has 422 valence electrons. The summed E-state index contributed by atoms with van der Waals surface area (Å²) in [6.07, 6.45) is 10.0. The fourth-order valence-electron chi connectivity index (χ4n) is 13.3. The average molecular weight is 1260 g/mol. The fourth-order valence-corrected chi connectivity index (χ4v) is 18.3. The molecule has 79 heavy (non-hydrogen) atoms. The minimum atomic E-state index is -1.72. The molecule has 16 nitrogen and oxygen atoms in total. The van der Waals surface area contributed by atoms with E-state index in [1.165, 1.54) is 75.6 Å². The quantitative estimate of drug-likeness (QED) is 0.0493. The fraction of sp³-hybridized carbons (Fsp3) is 0.518. The van der Waals surface area contributed by atoms with Gasteiger partial charge in [0.25, 0.3) is 0 Å². The summed E-state index contributed by atoms with van der Waals surface area (Å²) < 4.78 is 34.3. The molecule has 6 bridgehead atoms. The van der Waals surface area contributed by atoms with Gasteiger partial charge in [0.15, 0.2) is 11.0 Å². The van der Waals surface area contributed by atoms with E-state index in [9.17, 15) is 34.8 Å². The number of fused-ring (bicyclic) bond motifs is 15. The van der Waals surface area contributed by atoms with Gasteiger partial charge in [-0.1, -0.05) is 30.3 Å². The molecule has 9 saturated heterocycles. The number of hydrogen-bond donors (Lipinski definition) is 4. The first-order chi connectivity index (χ1) is 37.5. The number of thiophene rings is 5. The number of allylic oxidation sites excluding steroid dienone is 2. The van der Waals surface area contributed by atoms with Gasteiger partial charge in [0.2, 0.25) is 16.8 Å². The first-order valence-electron chi connectivity index (χ1n) is 26.2. The molecule has 0 saturated carbocycles. The topological polar surface area (TPSA) is 204 Å². The maximum atomic E-state index is 13.1. The van der Waals surface area contributed by atoms with Crippen LogP contribution in [0.1, 0.15) is 62.9 Å². The van der Waals surface area contributed by atoms with Gasteiger partial charge in [0.1, 0.15) is 66.3 Å². The third-order valence-corrected chi connectivity index (χ3v) is 23.4. The number of ether oxygens (including phenoxy) is 6. The number of halogens is 1. The molecule has 10 aliphatic rings. The number of aliphatic hydroxyl groups excluding tert-OH is 1. The molecule has 5 aromatic rings. The van der Waals surface area contributed by atoms with Crippen molar-refractivity contribution in [3.8, 4) is 0 Å². The highest BCUT2D eigenvalue weighted by Crippen LogP contribution is 2.53. The largest absolute Gasteiger partial charge is 1.00 e. The van der Waals surface area contributed by atoms with Crippen LogP contribution >= 0.6 is 68.4 Å². The first kappa shape index (κ1) is 57.5. The SMILES string of the molecule is CN1C2CC(O)CC1C1OC12.CN1C2CC(OC(=O)C(O)(c3cccs3)c3cccs3)CC1C1OC12.COC(=O)C(O)(C1=CC=[C+]S1)c1cccs1.C[N+]1(C)C2CC(OC(=O)C(O)(c3cccs3)c3cccs3)CC1C1OC12.[Br-]. The molecule has 5 aromatic heterocycles. The summed E-state index contributed by atoms with van der Waals surface area (Å²) in [5.74, 6) is -1.81. The summed E-state index contributed by atoms with van der Waals surface area (Å²) in [6.45, 7) is 0. The number of nitrogens with zero attached hydrogens (tertiary/aromatic N) is 3. The molecule has 4 N–H and O–H groups in total. The zero-order valence-corrected chi connectivity index (χ0v) is 50.3. The molecule has 15 heterocycles. The summed E-state index contributed by atoms with van der Waals surface area (Å²) in [7, 11) is 10.0. The van der Waals surface area contributed by atoms with Gasteiger partial charge in [-0.15, -0.1) is 56.7 Å². The van der Waals surface area contributed by atoms with Crippen molar-refractivity contribution in [2.75, 3.05) is 35.3 Å². The molecule has 10 aliphatic heterocycles. The molecular weight excluding hydrogens is 1190 g/mol. The minimum absolute atomic E-state index is 0. The highest BCUT2D eigenvalue weighted by Gasteiger charge is 2.71. The first-order valence-corrected chi connectivity index (χ1v) is 31.4. The van der Waals surface area contributed by atoms with E-state index in [4.69, 9.17) is 23.7 Å². The summed E-state index contributed by atoms with van der Waals surface area (Å²) >= 11 is 7.99. The Morgan fingerprint density at radius 2 is 0.924 bits per heavy atom. The number of carbonyl (C=O) groups excluding carboxylic acids is 3. The van der Waals surface area contributed by atoms with Crippen molar-refractivity contribution in [2.24, 2.45) is 0 Å². The molecular formula is C56H63BrN3O13S6+. The van der Waals surface area contributed by atoms with Crippen LogP contribution < -0.4 is 17.0 Å². The maximum Gasteiger partial charge on any atom is 0.350 e. The predicted molar refractivity (Wildman–Crippen MR) is 297 cm³/mol. The molecule has 0 aliphatic carbocycles. The molecule has 13 atom stereocenters. The van der Waals surface area contributed by atoms with Gasteiger partial charge in [-0.3, -0.25) is 9.80 Å². The van der Waals surface area contributed by atoms with E-state index >= 15 is 0 Å². The van der Waals surface area contributed by atoms with E-state index in [-0.39, 0.29) is 35.3 Å². The molecule has 15 rings (SSSR count). The normalized spacial score (nSPS) is 34.1. The van der Waals surface area contributed by atoms with Crippen LogP contribution in [0, 0.1) is 5.41 Å². The van der Waals surface area contributed by atoms with Crippen molar-refractivity contribution < 1.29 is 84.7 Å². The van der Waals surface area contributed by atoms with Crippen LogP contribution in [0.3, 0.4) is 0 Å². The lowest BCUT2D eigenvalue weighted by atomic mass is 9.95. The van der Waals surface area contributed by atoms with Gasteiger partial charge in [-0.25, -0.2) is 14.4 Å². The molecule has 0 amide bonds. The monoisotopic (exact) mass is 1260 g/mol. The standard InChI is InChI=1S/C19H22NO4S2.C18H19NO4S2.C11H9O3S2.C8H13NO2.BrH/c1-20(2)12-9-11(10-13(20)17-16(12)24-17)23-18(21)19(22,14-5-3-7-25-14)15-6-4-8-26-15;1-19-11-8-10(9-12(19)16-15(11)23-16)22-17(20)18(21,13-4-2-6-24-13)14-5-3-7-25-14;1-14-10(12)11(13,8-4-2-6-15-8)9-5-3-7-16-9;1-9-5-2-4(10)3-6(9)8-7(5)11-8;/h3-8,11-13,16-17,22H,9-10H2,1-2H3;2-7,10-12,15-16,21H,8-9H2,1H3;2-6,13H,1H3;4-8,10H,2-3H2,1H3;1H/q+1;;+1;;/p-1. The lowest BCUT2D eigenvalue weighted by Gasteiger charge is -2.45. The Morgan fingerprint density at radius 3 is 1.27 bits per heavy atom. The number of likely N-dealkylation sites (N-methyl/N-ethyl adjacent to an activating group) is 3. The highest BCUT2D eigenvalue weighted by atomic mass is 79.9. The number of piperidine rings is 3. The van der Waals surface area contributed by atoms with Crippen molar-refractivity contribution in [2.45, 2.75) is 147 Å². The van der Waals surface area contributed by atoms with Crippen LogP contribution in [0.15, 0.2) is 105 Å². The third-order valence-electron chi connectivity index (χ3n) is 17.6. The van der Waals surface area contributed by atoms with Gasteiger partial charge >= 0.3 is 17.9 Å². The van der Waals surface area contributed by atoms with Gasteiger partial charge < -0.3 is 70.3 Å². The summed E-state index contributed by atoms with van der Waals surface area (Å²) in [5.41, 5.74) is -5.14. The molecule has 13 unspecified atom stereocenters. The van der Waals surface area contributed by atoms with Crippen LogP contribution in [0.2, 0.25) is 0 Å². The van der Waals surface area contributed by atoms with Crippen LogP contribution in [-0.4, -0.2) is 179 Å². The second kappa shape index (κ2) is 22.4. The van der Waals surface area contributed by atoms with Crippen LogP contribution in [0.25, 0.3) is 0 Å². The van der Waals surface area contributed by atoms with Crippen molar-refractivity contribution in [3.05, 3.63) is 134 Å². The number of thioether (sulfide) groups is 1. The van der Waals surface area contributed by atoms with Gasteiger partial charge in [-0.2, -0.15) is 0 Å². The van der Waals surface area contributed by atoms with E-state index < -0.39 is 34.7 Å². The van der Waals surface area contributed by atoms with Crippen molar-refractivity contribution >= 4 is 86.4 Å². The summed E-state index contributed by atoms with van der Waals surface area (Å²) in [5, 5.41) is 54.8. The lowest BCUT2D eigenvalue weighted by molar-refractivity contribution is -0.938. The Labute approximate surface area is 493 Å². The molecule has 23 heteroatoms. The Balaban J connectivity index is 0.000000116. The van der Waals surface area contributed by atoms with E-state index in [1.54, 1.807) is 53.9 Å². The number of epoxide rings is 3. The van der Waals surface area contributed by atoms with Crippen LogP contribution in [0.5, 0.6) is 0 Å².